The maximum Gasteiger partial charge on any atom is 0.224 e. The molecular weight excluding hydrogens is 182 g/mol. The maximum absolute atomic E-state index is 10.8. The standard InChI is InChI=1S/C8H11N5O/c9-7(14)5-3-13(4-5)6-1-2-11-8(10)12-6/h1-2,5H,3-4H2,(H2,9,14)(H2,10,11,12). The van der Waals surface area contributed by atoms with Gasteiger partial charge in [-0.2, -0.15) is 4.98 Å². The van der Waals surface area contributed by atoms with Crippen molar-refractivity contribution in [2.45, 2.75) is 0 Å². The largest absolute Gasteiger partial charge is 0.369 e. The van der Waals surface area contributed by atoms with Crippen molar-refractivity contribution in [3.05, 3.63) is 12.3 Å². The molecular formula is C8H11N5O. The third-order valence-corrected chi connectivity index (χ3v) is 2.27. The summed E-state index contributed by atoms with van der Waals surface area (Å²) in [5.41, 5.74) is 10.6. The van der Waals surface area contributed by atoms with E-state index in [2.05, 4.69) is 9.97 Å². The van der Waals surface area contributed by atoms with E-state index in [0.717, 1.165) is 5.82 Å². The second-order valence-electron chi connectivity index (χ2n) is 3.28. The van der Waals surface area contributed by atoms with Crippen LogP contribution < -0.4 is 16.4 Å². The number of rotatable bonds is 2. The number of nitrogens with zero attached hydrogens (tertiary/aromatic N) is 3. The summed E-state index contributed by atoms with van der Waals surface area (Å²) < 4.78 is 0. The zero-order chi connectivity index (χ0) is 10.1. The van der Waals surface area contributed by atoms with Crippen LogP contribution in [0.5, 0.6) is 0 Å². The number of hydrogen-bond acceptors (Lipinski definition) is 5. The molecule has 1 aliphatic rings. The number of nitrogen functional groups attached to an aromatic ring is 1. The molecule has 2 heterocycles. The summed E-state index contributed by atoms with van der Waals surface area (Å²) in [4.78, 5) is 20.5. The Morgan fingerprint density at radius 2 is 2.29 bits per heavy atom. The number of amides is 1. The first-order valence-corrected chi connectivity index (χ1v) is 4.29. The van der Waals surface area contributed by atoms with Gasteiger partial charge in [0, 0.05) is 19.3 Å². The molecule has 1 aliphatic heterocycles. The van der Waals surface area contributed by atoms with E-state index >= 15 is 0 Å². The van der Waals surface area contributed by atoms with Crippen molar-refractivity contribution in [3.8, 4) is 0 Å². The van der Waals surface area contributed by atoms with Crippen molar-refractivity contribution >= 4 is 17.7 Å². The first-order chi connectivity index (χ1) is 6.66. The SMILES string of the molecule is NC(=O)C1CN(c2ccnc(N)n2)C1. The van der Waals surface area contributed by atoms with Gasteiger partial charge in [0.1, 0.15) is 5.82 Å². The lowest BCUT2D eigenvalue weighted by Gasteiger charge is -2.38. The average Bonchev–Trinajstić information content (AvgIpc) is 2.00. The molecule has 6 nitrogen and oxygen atoms in total. The Labute approximate surface area is 80.9 Å². The fourth-order valence-corrected chi connectivity index (χ4v) is 1.39. The third kappa shape index (κ3) is 1.46. The fraction of sp³-hybridized carbons (Fsp3) is 0.375. The number of hydrogen-bond donors (Lipinski definition) is 2. The van der Waals surface area contributed by atoms with E-state index in [-0.39, 0.29) is 17.8 Å². The van der Waals surface area contributed by atoms with Crippen LogP contribution in [-0.4, -0.2) is 29.0 Å². The van der Waals surface area contributed by atoms with E-state index < -0.39 is 0 Å². The highest BCUT2D eigenvalue weighted by Gasteiger charge is 2.31. The van der Waals surface area contributed by atoms with Crippen LogP contribution >= 0.6 is 0 Å². The molecule has 1 aromatic rings. The summed E-state index contributed by atoms with van der Waals surface area (Å²) in [6.07, 6.45) is 1.59. The van der Waals surface area contributed by atoms with Gasteiger partial charge in [-0.1, -0.05) is 0 Å². The predicted molar refractivity (Wildman–Crippen MR) is 51.3 cm³/mol. The van der Waals surface area contributed by atoms with Gasteiger partial charge in [-0.3, -0.25) is 4.79 Å². The molecule has 1 aromatic heterocycles. The van der Waals surface area contributed by atoms with E-state index in [0.29, 0.717) is 13.1 Å². The smallest absolute Gasteiger partial charge is 0.224 e. The van der Waals surface area contributed by atoms with Gasteiger partial charge in [0.2, 0.25) is 11.9 Å². The van der Waals surface area contributed by atoms with Crippen LogP contribution in [0.4, 0.5) is 11.8 Å². The minimum Gasteiger partial charge on any atom is -0.369 e. The van der Waals surface area contributed by atoms with Crippen LogP contribution in [0.3, 0.4) is 0 Å². The molecule has 4 N–H and O–H groups in total. The normalized spacial score (nSPS) is 16.4. The van der Waals surface area contributed by atoms with Crippen molar-refractivity contribution in [3.63, 3.8) is 0 Å². The van der Waals surface area contributed by atoms with Crippen LogP contribution in [0.1, 0.15) is 0 Å². The van der Waals surface area contributed by atoms with Crippen molar-refractivity contribution in [2.75, 3.05) is 23.7 Å². The van der Waals surface area contributed by atoms with Crippen LogP contribution in [0.2, 0.25) is 0 Å². The Hall–Kier alpha value is -1.85. The summed E-state index contributed by atoms with van der Waals surface area (Å²) in [5.74, 6) is 0.662. The molecule has 1 fully saturated rings. The first kappa shape index (κ1) is 8.74. The number of aromatic nitrogens is 2. The monoisotopic (exact) mass is 193 g/mol. The molecule has 0 unspecified atom stereocenters. The van der Waals surface area contributed by atoms with Crippen molar-refractivity contribution in [1.82, 2.24) is 9.97 Å². The second-order valence-corrected chi connectivity index (χ2v) is 3.28. The number of carbonyl (C=O) groups excluding carboxylic acids is 1. The summed E-state index contributed by atoms with van der Waals surface area (Å²) in [6, 6.07) is 1.76. The van der Waals surface area contributed by atoms with Gasteiger partial charge in [-0.05, 0) is 6.07 Å². The Kier molecular flexibility index (Phi) is 1.95. The first-order valence-electron chi connectivity index (χ1n) is 4.29. The van der Waals surface area contributed by atoms with E-state index in [4.69, 9.17) is 11.5 Å². The van der Waals surface area contributed by atoms with Gasteiger partial charge < -0.3 is 16.4 Å². The molecule has 14 heavy (non-hydrogen) atoms. The van der Waals surface area contributed by atoms with Gasteiger partial charge in [0.05, 0.1) is 5.92 Å². The summed E-state index contributed by atoms with van der Waals surface area (Å²) in [7, 11) is 0. The fourth-order valence-electron chi connectivity index (χ4n) is 1.39. The molecule has 2 rings (SSSR count). The Balaban J connectivity index is 2.03. The Morgan fingerprint density at radius 1 is 1.57 bits per heavy atom. The lowest BCUT2D eigenvalue weighted by molar-refractivity contribution is -0.122. The number of anilines is 2. The predicted octanol–water partition coefficient (Wildman–Crippen LogP) is -1.02. The van der Waals surface area contributed by atoms with E-state index in [1.165, 1.54) is 0 Å². The second kappa shape index (κ2) is 3.13. The Bertz CT molecular complexity index is 361. The third-order valence-electron chi connectivity index (χ3n) is 2.27. The highest BCUT2D eigenvalue weighted by molar-refractivity contribution is 5.79. The van der Waals surface area contributed by atoms with E-state index in [1.807, 2.05) is 4.90 Å². The molecule has 0 bridgehead atoms. The molecule has 0 atom stereocenters. The molecule has 0 saturated carbocycles. The Morgan fingerprint density at radius 3 is 2.86 bits per heavy atom. The maximum atomic E-state index is 10.8. The number of nitrogens with two attached hydrogens (primary N) is 2. The van der Waals surface area contributed by atoms with Crippen LogP contribution in [0, 0.1) is 5.92 Å². The highest BCUT2D eigenvalue weighted by Crippen LogP contribution is 2.22. The van der Waals surface area contributed by atoms with Crippen molar-refractivity contribution in [2.24, 2.45) is 11.7 Å². The van der Waals surface area contributed by atoms with E-state index in [1.54, 1.807) is 12.3 Å². The zero-order valence-corrected chi connectivity index (χ0v) is 7.55. The summed E-state index contributed by atoms with van der Waals surface area (Å²) >= 11 is 0. The van der Waals surface area contributed by atoms with Gasteiger partial charge in [0.15, 0.2) is 0 Å². The molecule has 0 spiro atoms. The molecule has 74 valence electrons. The molecule has 0 aromatic carbocycles. The van der Waals surface area contributed by atoms with Gasteiger partial charge in [-0.25, -0.2) is 4.98 Å². The van der Waals surface area contributed by atoms with Gasteiger partial charge in [0.25, 0.3) is 0 Å². The highest BCUT2D eigenvalue weighted by atomic mass is 16.1. The molecule has 0 aliphatic carbocycles. The van der Waals surface area contributed by atoms with Gasteiger partial charge >= 0.3 is 0 Å². The van der Waals surface area contributed by atoms with Gasteiger partial charge in [-0.15, -0.1) is 0 Å². The summed E-state index contributed by atoms with van der Waals surface area (Å²) in [5, 5.41) is 0. The van der Waals surface area contributed by atoms with Crippen LogP contribution in [0.25, 0.3) is 0 Å². The number of carbonyl (C=O) groups is 1. The molecule has 0 radical (unpaired) electrons. The molecule has 1 saturated heterocycles. The molecule has 1 amide bonds. The minimum absolute atomic E-state index is 0.0637. The quantitative estimate of drug-likeness (QED) is 0.626. The lowest BCUT2D eigenvalue weighted by atomic mass is 10.00. The van der Waals surface area contributed by atoms with Crippen LogP contribution in [0.15, 0.2) is 12.3 Å². The van der Waals surface area contributed by atoms with Crippen LogP contribution in [-0.2, 0) is 4.79 Å². The minimum atomic E-state index is -0.261. The number of primary amides is 1. The zero-order valence-electron chi connectivity index (χ0n) is 7.55. The summed E-state index contributed by atoms with van der Waals surface area (Å²) in [6.45, 7) is 1.23. The topological polar surface area (TPSA) is 98.1 Å². The average molecular weight is 193 g/mol. The molecule has 6 heteroatoms. The van der Waals surface area contributed by atoms with E-state index in [9.17, 15) is 4.79 Å². The lowest BCUT2D eigenvalue weighted by Crippen LogP contribution is -2.52. The van der Waals surface area contributed by atoms with Crippen molar-refractivity contribution in [1.29, 1.82) is 0 Å². The van der Waals surface area contributed by atoms with Crippen molar-refractivity contribution < 1.29 is 4.79 Å².